The predicted molar refractivity (Wildman–Crippen MR) is 140 cm³/mol. The van der Waals surface area contributed by atoms with Gasteiger partial charge < -0.3 is 79.9 Å². The van der Waals surface area contributed by atoms with Crippen molar-refractivity contribution in [3.8, 4) is 17.2 Å². The Bertz CT molecular complexity index is 1330. The minimum Gasteiger partial charge on any atom is -0.571 e. The Morgan fingerprint density at radius 2 is 1.40 bits per heavy atom. The third-order valence-corrected chi connectivity index (χ3v) is 7.50. The summed E-state index contributed by atoms with van der Waals surface area (Å²) < 4.78 is 26.8. The molecule has 2 fully saturated rings. The maximum atomic E-state index is 10.7. The fourth-order valence-electron chi connectivity index (χ4n) is 5.02. The van der Waals surface area contributed by atoms with Gasteiger partial charge in [0.05, 0.1) is 29.9 Å². The van der Waals surface area contributed by atoms with Crippen LogP contribution in [-0.2, 0) is 18.9 Å². The number of allylic oxidation sites excluding steroid dienone is 2. The maximum absolute atomic E-state index is 10.7. The van der Waals surface area contributed by atoms with Gasteiger partial charge in [-0.2, -0.15) is 0 Å². The number of aromatic hydroxyl groups is 3. The van der Waals surface area contributed by atoms with Crippen LogP contribution in [0.4, 0.5) is 0 Å². The highest BCUT2D eigenvalue weighted by Crippen LogP contribution is 2.41. The topological polar surface area (TPSA) is 272 Å². The van der Waals surface area contributed by atoms with Crippen LogP contribution >= 0.6 is 0 Å². The number of ether oxygens (including phenoxy) is 5. The number of hydrogen-bond acceptors (Lipinski definition) is 15. The summed E-state index contributed by atoms with van der Waals surface area (Å²) in [6.45, 7) is 0.893. The summed E-state index contributed by atoms with van der Waals surface area (Å²) in [6, 6.07) is 2.10. The Morgan fingerprint density at radius 1 is 0.767 bits per heavy atom. The van der Waals surface area contributed by atoms with E-state index in [-0.39, 0.29) is 34.2 Å². The lowest BCUT2D eigenvalue weighted by atomic mass is 9.96. The smallest absolute Gasteiger partial charge is 0.305 e. The summed E-state index contributed by atoms with van der Waals surface area (Å²) >= 11 is 0. The first-order valence-electron chi connectivity index (χ1n) is 13.2. The highest BCUT2D eigenvalue weighted by molar-refractivity contribution is 5.71. The van der Waals surface area contributed by atoms with Crippen molar-refractivity contribution in [1.29, 1.82) is 0 Å². The Hall–Kier alpha value is -3.58. The summed E-state index contributed by atoms with van der Waals surface area (Å²) in [5.74, 6) is -3.19. The zero-order valence-corrected chi connectivity index (χ0v) is 22.4. The van der Waals surface area contributed by atoms with Crippen molar-refractivity contribution in [3.05, 3.63) is 58.8 Å². The first-order valence-corrected chi connectivity index (χ1v) is 13.2. The van der Waals surface area contributed by atoms with E-state index in [0.29, 0.717) is 0 Å². The molecular weight excluding hydrogens is 580 g/mol. The molecule has 4 aliphatic rings. The Labute approximate surface area is 243 Å². The lowest BCUT2D eigenvalue weighted by molar-refractivity contribution is -0.323. The molecule has 0 spiro atoms. The van der Waals surface area contributed by atoms with Crippen LogP contribution in [0.25, 0.3) is 5.76 Å². The molecule has 1 aromatic carbocycles. The highest BCUT2D eigenvalue weighted by Gasteiger charge is 2.48. The molecule has 1 unspecified atom stereocenters. The van der Waals surface area contributed by atoms with Crippen molar-refractivity contribution in [3.63, 3.8) is 0 Å². The van der Waals surface area contributed by atoms with Crippen molar-refractivity contribution >= 4 is 5.76 Å². The number of phenolic OH excluding ortho intramolecular Hbond substituents is 3. The van der Waals surface area contributed by atoms with Crippen LogP contribution in [0.2, 0.25) is 0 Å². The van der Waals surface area contributed by atoms with Gasteiger partial charge in [0.15, 0.2) is 23.5 Å². The average molecular weight is 614 g/mol. The standard InChI is InChI=1S/C27H32O16/c1-8-18(32)21(35)23(37)26(40-8)39-7-17-20(34)22(36)24(38)27(43-17)42-16-6-11-12(29)4-10(28)5-15(11)41-25(16)9-2-13(30)19(33)14(31)3-9/h2-6,8,15,17-18,20-24,26-38H,7H2,1H3/p+1/t8-,15?,17+,18-,20+,21+,22-,23+,24+,26+,27+/m0/s1. The summed E-state index contributed by atoms with van der Waals surface area (Å²) in [6.07, 6.45) is -12.8. The van der Waals surface area contributed by atoms with Gasteiger partial charge in [-0.3, -0.25) is 0 Å². The molecule has 0 bridgehead atoms. The first kappa shape index (κ1) is 30.9. The van der Waals surface area contributed by atoms with Crippen LogP contribution < -0.4 is 0 Å². The molecule has 1 aliphatic carbocycles. The second kappa shape index (κ2) is 11.8. The van der Waals surface area contributed by atoms with Gasteiger partial charge >= 0.3 is 5.76 Å². The van der Waals surface area contributed by atoms with Gasteiger partial charge in [-0.1, -0.05) is 0 Å². The van der Waals surface area contributed by atoms with E-state index in [2.05, 4.69) is 4.74 Å². The van der Waals surface area contributed by atoms with Gasteiger partial charge in [0.2, 0.25) is 18.2 Å². The van der Waals surface area contributed by atoms with Crippen LogP contribution in [0.1, 0.15) is 12.5 Å². The SMILES string of the molecule is C[C@@H]1O[C@@H](OC[C@H]2O[C@@H](OC3=C(c4cc(O)c(O)c(O)c4)[OH+]C4C=C(O)C=C(O)C4=C3)[C@H](O)[C@@H](O)[C@@H]2O)[C@H](O)[C@H](O)[C@H]1O. The van der Waals surface area contributed by atoms with Gasteiger partial charge in [0, 0.05) is 24.3 Å². The molecule has 12 N–H and O–H groups in total. The van der Waals surface area contributed by atoms with Crippen molar-refractivity contribution in [2.45, 2.75) is 74.4 Å². The molecule has 16 heteroatoms. The number of hydrogen-bond donors (Lipinski definition) is 11. The Kier molecular flexibility index (Phi) is 8.50. The zero-order valence-electron chi connectivity index (χ0n) is 22.4. The molecule has 0 amide bonds. The predicted octanol–water partition coefficient (Wildman–Crippen LogP) is -2.13. The minimum atomic E-state index is -1.86. The lowest BCUT2D eigenvalue weighted by Crippen LogP contribution is -2.61. The summed E-state index contributed by atoms with van der Waals surface area (Å²) in [5, 5.41) is 112. The third-order valence-electron chi connectivity index (χ3n) is 7.50. The van der Waals surface area contributed by atoms with E-state index < -0.39 is 91.4 Å². The molecule has 0 aromatic heterocycles. The summed E-state index contributed by atoms with van der Waals surface area (Å²) in [5.41, 5.74) is 0.150. The number of aliphatic hydroxyl groups is 10. The molecular formula is C27H33O16+. The molecule has 1 aromatic rings. The fraction of sp³-hybridized carbons (Fsp3) is 0.481. The van der Waals surface area contributed by atoms with Crippen LogP contribution in [0.3, 0.4) is 0 Å². The Morgan fingerprint density at radius 3 is 2.07 bits per heavy atom. The van der Waals surface area contributed by atoms with E-state index in [1.165, 1.54) is 19.1 Å². The van der Waals surface area contributed by atoms with Crippen molar-refractivity contribution in [2.75, 3.05) is 6.61 Å². The van der Waals surface area contributed by atoms with Crippen LogP contribution in [0.5, 0.6) is 17.2 Å². The Balaban J connectivity index is 1.42. The summed E-state index contributed by atoms with van der Waals surface area (Å²) in [7, 11) is 0. The van der Waals surface area contributed by atoms with E-state index >= 15 is 0 Å². The number of aliphatic hydroxyl groups excluding tert-OH is 8. The highest BCUT2D eigenvalue weighted by atomic mass is 16.7. The summed E-state index contributed by atoms with van der Waals surface area (Å²) in [4.78, 5) is 0. The maximum Gasteiger partial charge on any atom is 0.305 e. The van der Waals surface area contributed by atoms with Gasteiger partial charge in [-0.15, -0.1) is 0 Å². The first-order chi connectivity index (χ1) is 20.3. The van der Waals surface area contributed by atoms with Crippen molar-refractivity contribution < 1.29 is 79.9 Å². The molecule has 2 saturated heterocycles. The largest absolute Gasteiger partial charge is 0.571 e. The minimum absolute atomic E-state index is 0.00379. The third kappa shape index (κ3) is 5.84. The molecule has 236 valence electrons. The monoisotopic (exact) mass is 613 g/mol. The van der Waals surface area contributed by atoms with E-state index in [4.69, 9.17) is 18.9 Å². The molecule has 5 rings (SSSR count). The average Bonchev–Trinajstić information content (AvgIpc) is 2.96. The van der Waals surface area contributed by atoms with Crippen molar-refractivity contribution in [1.82, 2.24) is 0 Å². The lowest BCUT2D eigenvalue weighted by Gasteiger charge is -2.42. The van der Waals surface area contributed by atoms with Gasteiger partial charge in [0.1, 0.15) is 54.2 Å². The van der Waals surface area contributed by atoms with E-state index in [9.17, 15) is 56.2 Å². The fourth-order valence-corrected chi connectivity index (χ4v) is 5.02. The van der Waals surface area contributed by atoms with Gasteiger partial charge in [0.25, 0.3) is 0 Å². The number of phenols is 3. The molecule has 11 atom stereocenters. The van der Waals surface area contributed by atoms with Crippen LogP contribution in [0, 0.1) is 0 Å². The number of rotatable bonds is 6. The second-order valence-corrected chi connectivity index (χ2v) is 10.5. The van der Waals surface area contributed by atoms with E-state index in [1.807, 2.05) is 0 Å². The van der Waals surface area contributed by atoms with E-state index in [0.717, 1.165) is 18.2 Å². The molecule has 43 heavy (non-hydrogen) atoms. The molecule has 0 radical (unpaired) electrons. The zero-order chi connectivity index (χ0) is 31.3. The van der Waals surface area contributed by atoms with Crippen LogP contribution in [-0.4, -0.2) is 135 Å². The molecule has 16 nitrogen and oxygen atoms in total. The second-order valence-electron chi connectivity index (χ2n) is 10.5. The van der Waals surface area contributed by atoms with Crippen LogP contribution in [0.15, 0.2) is 53.2 Å². The van der Waals surface area contributed by atoms with Gasteiger partial charge in [-0.05, 0) is 6.92 Å². The molecule has 0 saturated carbocycles. The number of fused-ring (bicyclic) bond motifs is 1. The van der Waals surface area contributed by atoms with Crippen molar-refractivity contribution in [2.24, 2.45) is 0 Å². The number of benzene rings is 1. The quantitative estimate of drug-likeness (QED) is 0.121. The molecule has 3 heterocycles. The molecule has 3 aliphatic heterocycles. The normalized spacial score (nSPS) is 37.9. The van der Waals surface area contributed by atoms with Gasteiger partial charge in [-0.25, -0.2) is 0 Å². The van der Waals surface area contributed by atoms with E-state index in [1.54, 1.807) is 0 Å².